The zero-order chi connectivity index (χ0) is 24.8. The standard InChI is InChI=1S/C28H32N2O5/c1-3-17-34-26(31)18-25(27(32)29-15-9-10-16-29)30(4-2)28(33)35-19-24-22-13-7-5-11-20(22)21-12-6-8-14-23(21)24/h3,5-8,11-14,24-25H,1,4,9-10,15-19H2,2H3/t25-/m0/s1. The quantitative estimate of drug-likeness (QED) is 0.397. The third-order valence-electron chi connectivity index (χ3n) is 6.71. The molecule has 2 aromatic rings. The summed E-state index contributed by atoms with van der Waals surface area (Å²) in [6.07, 6.45) is 2.47. The summed E-state index contributed by atoms with van der Waals surface area (Å²) in [5.74, 6) is -0.879. The number of amides is 2. The van der Waals surface area contributed by atoms with Gasteiger partial charge in [0.15, 0.2) is 0 Å². The van der Waals surface area contributed by atoms with Gasteiger partial charge in [0, 0.05) is 25.6 Å². The van der Waals surface area contributed by atoms with Gasteiger partial charge in [-0.3, -0.25) is 14.5 Å². The molecule has 0 N–H and O–H groups in total. The molecule has 0 radical (unpaired) electrons. The second kappa shape index (κ2) is 11.2. The number of ether oxygens (including phenoxy) is 2. The number of likely N-dealkylation sites (N-methyl/N-ethyl adjacent to an activating group) is 1. The molecule has 7 heteroatoms. The van der Waals surface area contributed by atoms with Crippen molar-refractivity contribution in [2.45, 2.75) is 38.1 Å². The van der Waals surface area contributed by atoms with Gasteiger partial charge in [-0.15, -0.1) is 0 Å². The smallest absolute Gasteiger partial charge is 0.410 e. The van der Waals surface area contributed by atoms with Crippen LogP contribution in [-0.4, -0.2) is 66.7 Å². The Balaban J connectivity index is 1.51. The van der Waals surface area contributed by atoms with Gasteiger partial charge in [0.25, 0.3) is 0 Å². The second-order valence-electron chi connectivity index (χ2n) is 8.81. The Morgan fingerprint density at radius 1 is 1.03 bits per heavy atom. The first-order valence-electron chi connectivity index (χ1n) is 12.2. The maximum atomic E-state index is 13.3. The largest absolute Gasteiger partial charge is 0.461 e. The number of rotatable bonds is 9. The number of esters is 1. The molecule has 1 aliphatic heterocycles. The molecular weight excluding hydrogens is 444 g/mol. The summed E-state index contributed by atoms with van der Waals surface area (Å²) < 4.78 is 10.9. The molecule has 35 heavy (non-hydrogen) atoms. The number of likely N-dealkylation sites (tertiary alicyclic amines) is 1. The van der Waals surface area contributed by atoms with Crippen LogP contribution in [0.1, 0.15) is 43.2 Å². The average Bonchev–Trinajstić information content (AvgIpc) is 3.52. The van der Waals surface area contributed by atoms with Gasteiger partial charge in [-0.2, -0.15) is 0 Å². The Kier molecular flexibility index (Phi) is 7.85. The molecule has 1 saturated heterocycles. The number of carbonyl (C=O) groups excluding carboxylic acids is 3. The highest BCUT2D eigenvalue weighted by Gasteiger charge is 2.37. The molecule has 1 heterocycles. The van der Waals surface area contributed by atoms with E-state index in [1.165, 1.54) is 11.0 Å². The fourth-order valence-corrected chi connectivity index (χ4v) is 5.00. The first-order valence-corrected chi connectivity index (χ1v) is 12.2. The van der Waals surface area contributed by atoms with E-state index in [4.69, 9.17) is 9.47 Å². The normalized spacial score (nSPS) is 15.2. The van der Waals surface area contributed by atoms with E-state index in [-0.39, 0.29) is 38.0 Å². The van der Waals surface area contributed by atoms with E-state index in [0.29, 0.717) is 13.1 Å². The monoisotopic (exact) mass is 476 g/mol. The van der Waals surface area contributed by atoms with Crippen molar-refractivity contribution in [2.75, 3.05) is 32.8 Å². The minimum Gasteiger partial charge on any atom is -0.461 e. The molecule has 1 aliphatic carbocycles. The highest BCUT2D eigenvalue weighted by atomic mass is 16.6. The first-order chi connectivity index (χ1) is 17.0. The van der Waals surface area contributed by atoms with Crippen molar-refractivity contribution in [3.63, 3.8) is 0 Å². The molecule has 4 rings (SSSR count). The third-order valence-corrected chi connectivity index (χ3v) is 6.71. The molecule has 0 spiro atoms. The fraction of sp³-hybridized carbons (Fsp3) is 0.393. The first kappa shape index (κ1) is 24.5. The highest BCUT2D eigenvalue weighted by molar-refractivity contribution is 5.90. The predicted octanol–water partition coefficient (Wildman–Crippen LogP) is 4.37. The predicted molar refractivity (Wildman–Crippen MR) is 133 cm³/mol. The van der Waals surface area contributed by atoms with Gasteiger partial charge < -0.3 is 14.4 Å². The summed E-state index contributed by atoms with van der Waals surface area (Å²) >= 11 is 0. The third kappa shape index (κ3) is 5.24. The number of nitrogens with zero attached hydrogens (tertiary/aromatic N) is 2. The number of hydrogen-bond donors (Lipinski definition) is 0. The molecule has 184 valence electrons. The molecule has 0 unspecified atom stereocenters. The zero-order valence-electron chi connectivity index (χ0n) is 20.2. The Morgan fingerprint density at radius 2 is 1.63 bits per heavy atom. The molecular formula is C28H32N2O5. The maximum absolute atomic E-state index is 13.3. The Bertz CT molecular complexity index is 1050. The molecule has 0 bridgehead atoms. The van der Waals surface area contributed by atoms with E-state index in [0.717, 1.165) is 35.1 Å². The minimum absolute atomic E-state index is 0.0561. The SMILES string of the molecule is C=CCOC(=O)C[C@@H](C(=O)N1CCCC1)N(CC)C(=O)OCC1c2ccccc2-c2ccccc21. The molecule has 0 aromatic heterocycles. The lowest BCUT2D eigenvalue weighted by molar-refractivity contribution is -0.148. The summed E-state index contributed by atoms with van der Waals surface area (Å²) in [5, 5.41) is 0. The number of carbonyl (C=O) groups is 3. The summed E-state index contributed by atoms with van der Waals surface area (Å²) in [4.78, 5) is 42.0. The lowest BCUT2D eigenvalue weighted by Crippen LogP contribution is -2.51. The van der Waals surface area contributed by atoms with Crippen LogP contribution >= 0.6 is 0 Å². The molecule has 1 atom stereocenters. The van der Waals surface area contributed by atoms with Gasteiger partial charge in [0.1, 0.15) is 19.3 Å². The van der Waals surface area contributed by atoms with Gasteiger partial charge in [0.2, 0.25) is 5.91 Å². The average molecular weight is 477 g/mol. The topological polar surface area (TPSA) is 76.2 Å². The minimum atomic E-state index is -0.967. The van der Waals surface area contributed by atoms with Gasteiger partial charge >= 0.3 is 12.1 Å². The van der Waals surface area contributed by atoms with Crippen molar-refractivity contribution in [1.82, 2.24) is 9.80 Å². The van der Waals surface area contributed by atoms with Crippen molar-refractivity contribution < 1.29 is 23.9 Å². The summed E-state index contributed by atoms with van der Waals surface area (Å²) in [5.41, 5.74) is 4.51. The van der Waals surface area contributed by atoms with Gasteiger partial charge in [-0.1, -0.05) is 61.2 Å². The number of fused-ring (bicyclic) bond motifs is 3. The molecule has 2 aromatic carbocycles. The van der Waals surface area contributed by atoms with Crippen LogP contribution in [0.2, 0.25) is 0 Å². The van der Waals surface area contributed by atoms with E-state index in [2.05, 4.69) is 30.8 Å². The van der Waals surface area contributed by atoms with Crippen LogP contribution in [0.4, 0.5) is 4.79 Å². The molecule has 2 amide bonds. The molecule has 2 aliphatic rings. The number of benzene rings is 2. The van der Waals surface area contributed by atoms with Crippen molar-refractivity contribution in [2.24, 2.45) is 0 Å². The van der Waals surface area contributed by atoms with E-state index < -0.39 is 18.1 Å². The van der Waals surface area contributed by atoms with E-state index in [1.54, 1.807) is 11.8 Å². The van der Waals surface area contributed by atoms with Crippen molar-refractivity contribution >= 4 is 18.0 Å². The van der Waals surface area contributed by atoms with Crippen LogP contribution in [0.25, 0.3) is 11.1 Å². The highest BCUT2D eigenvalue weighted by Crippen LogP contribution is 2.44. The Morgan fingerprint density at radius 3 is 2.20 bits per heavy atom. The summed E-state index contributed by atoms with van der Waals surface area (Å²) in [6, 6.07) is 15.3. The van der Waals surface area contributed by atoms with E-state index in [9.17, 15) is 14.4 Å². The Hall–Kier alpha value is -3.61. The van der Waals surface area contributed by atoms with Crippen molar-refractivity contribution in [1.29, 1.82) is 0 Å². The molecule has 0 saturated carbocycles. The fourth-order valence-electron chi connectivity index (χ4n) is 5.00. The van der Waals surface area contributed by atoms with Crippen LogP contribution in [0, 0.1) is 0 Å². The van der Waals surface area contributed by atoms with Gasteiger partial charge in [0.05, 0.1) is 6.42 Å². The van der Waals surface area contributed by atoms with Crippen LogP contribution in [0.15, 0.2) is 61.2 Å². The van der Waals surface area contributed by atoms with Crippen LogP contribution in [0.5, 0.6) is 0 Å². The van der Waals surface area contributed by atoms with Crippen molar-refractivity contribution in [3.05, 3.63) is 72.3 Å². The van der Waals surface area contributed by atoms with Gasteiger partial charge in [-0.25, -0.2) is 4.79 Å². The van der Waals surface area contributed by atoms with Crippen LogP contribution < -0.4 is 0 Å². The van der Waals surface area contributed by atoms with Crippen LogP contribution in [0.3, 0.4) is 0 Å². The second-order valence-corrected chi connectivity index (χ2v) is 8.81. The number of hydrogen-bond acceptors (Lipinski definition) is 5. The Labute approximate surface area is 206 Å². The van der Waals surface area contributed by atoms with Crippen LogP contribution in [-0.2, 0) is 19.1 Å². The summed E-state index contributed by atoms with van der Waals surface area (Å²) in [7, 11) is 0. The lowest BCUT2D eigenvalue weighted by Gasteiger charge is -2.31. The van der Waals surface area contributed by atoms with Crippen molar-refractivity contribution in [3.8, 4) is 11.1 Å². The molecule has 1 fully saturated rings. The zero-order valence-corrected chi connectivity index (χ0v) is 20.2. The lowest BCUT2D eigenvalue weighted by atomic mass is 9.98. The summed E-state index contributed by atoms with van der Waals surface area (Å²) in [6.45, 7) is 7.01. The van der Waals surface area contributed by atoms with Gasteiger partial charge in [-0.05, 0) is 42.0 Å². The maximum Gasteiger partial charge on any atom is 0.410 e. The molecule has 7 nitrogen and oxygen atoms in total. The van der Waals surface area contributed by atoms with E-state index in [1.807, 2.05) is 24.3 Å². The van der Waals surface area contributed by atoms with E-state index >= 15 is 0 Å².